The molecule has 0 saturated heterocycles. The number of anilines is 2. The first-order valence-electron chi connectivity index (χ1n) is 6.36. The molecule has 2 aromatic heterocycles. The molecule has 1 atom stereocenters. The number of hydrogen-bond acceptors (Lipinski definition) is 4. The summed E-state index contributed by atoms with van der Waals surface area (Å²) in [5, 5.41) is 0. The molecule has 1 aliphatic heterocycles. The van der Waals surface area contributed by atoms with Gasteiger partial charge in [-0.05, 0) is 25.0 Å². The second-order valence-corrected chi connectivity index (χ2v) is 4.85. The summed E-state index contributed by atoms with van der Waals surface area (Å²) in [5.74, 6) is 0.903. The predicted molar refractivity (Wildman–Crippen MR) is 73.4 cm³/mol. The van der Waals surface area contributed by atoms with E-state index in [9.17, 15) is 0 Å². The molecule has 1 aromatic carbocycles. The summed E-state index contributed by atoms with van der Waals surface area (Å²) in [4.78, 5) is 18.2. The molecule has 19 heavy (non-hydrogen) atoms. The van der Waals surface area contributed by atoms with Crippen LogP contribution in [-0.4, -0.2) is 26.0 Å². The van der Waals surface area contributed by atoms with Crippen molar-refractivity contribution >= 4 is 22.7 Å². The van der Waals surface area contributed by atoms with E-state index in [1.165, 1.54) is 11.3 Å². The van der Waals surface area contributed by atoms with Crippen LogP contribution in [0.15, 0.2) is 36.9 Å². The lowest BCUT2D eigenvalue weighted by Gasteiger charge is -2.23. The standard InChI is InChI=1S/C14H13N5/c1-9-6-10-4-2-3-5-11(10)19(9)14-12-13(16-7-15-12)17-8-18-14/h2-5,7-9H,6H2,1H3,(H,15,16,17,18)/t9-/m1/s1. The van der Waals surface area contributed by atoms with Crippen LogP contribution in [0.5, 0.6) is 0 Å². The number of nitrogens with zero attached hydrogens (tertiary/aromatic N) is 4. The third-order valence-electron chi connectivity index (χ3n) is 3.64. The van der Waals surface area contributed by atoms with Crippen molar-refractivity contribution in [3.05, 3.63) is 42.5 Å². The largest absolute Gasteiger partial charge is 0.340 e. The van der Waals surface area contributed by atoms with E-state index in [1.54, 1.807) is 12.7 Å². The van der Waals surface area contributed by atoms with Crippen molar-refractivity contribution in [1.29, 1.82) is 0 Å². The summed E-state index contributed by atoms with van der Waals surface area (Å²) >= 11 is 0. The number of imidazole rings is 1. The quantitative estimate of drug-likeness (QED) is 0.721. The van der Waals surface area contributed by atoms with Gasteiger partial charge in [0.25, 0.3) is 0 Å². The molecule has 0 radical (unpaired) electrons. The van der Waals surface area contributed by atoms with E-state index in [0.29, 0.717) is 11.7 Å². The summed E-state index contributed by atoms with van der Waals surface area (Å²) in [5.41, 5.74) is 4.19. The van der Waals surface area contributed by atoms with Crippen molar-refractivity contribution in [2.75, 3.05) is 4.90 Å². The number of hydrogen-bond donors (Lipinski definition) is 1. The number of benzene rings is 1. The number of aromatic amines is 1. The summed E-state index contributed by atoms with van der Waals surface area (Å²) in [6.45, 7) is 2.21. The van der Waals surface area contributed by atoms with Crippen LogP contribution in [0.2, 0.25) is 0 Å². The molecule has 5 nitrogen and oxygen atoms in total. The van der Waals surface area contributed by atoms with Crippen LogP contribution in [0.1, 0.15) is 12.5 Å². The van der Waals surface area contributed by atoms with Crippen molar-refractivity contribution in [3.8, 4) is 0 Å². The molecule has 94 valence electrons. The highest BCUT2D eigenvalue weighted by atomic mass is 15.3. The smallest absolute Gasteiger partial charge is 0.182 e. The second kappa shape index (κ2) is 3.78. The molecule has 0 bridgehead atoms. The first-order chi connectivity index (χ1) is 9.34. The molecule has 0 spiro atoms. The Morgan fingerprint density at radius 1 is 1.21 bits per heavy atom. The van der Waals surface area contributed by atoms with Gasteiger partial charge in [-0.25, -0.2) is 15.0 Å². The zero-order valence-corrected chi connectivity index (χ0v) is 10.5. The van der Waals surface area contributed by atoms with Gasteiger partial charge in [0.05, 0.1) is 6.33 Å². The highest BCUT2D eigenvalue weighted by Gasteiger charge is 2.29. The molecular weight excluding hydrogens is 238 g/mol. The molecular formula is C14H13N5. The maximum Gasteiger partial charge on any atom is 0.182 e. The number of fused-ring (bicyclic) bond motifs is 2. The molecule has 0 fully saturated rings. The number of H-pyrrole nitrogens is 1. The van der Waals surface area contributed by atoms with E-state index in [0.717, 1.165) is 17.8 Å². The minimum atomic E-state index is 0.388. The van der Waals surface area contributed by atoms with Gasteiger partial charge in [0.2, 0.25) is 0 Å². The van der Waals surface area contributed by atoms with Crippen LogP contribution in [0, 0.1) is 0 Å². The monoisotopic (exact) mass is 251 g/mol. The highest BCUT2D eigenvalue weighted by molar-refractivity contribution is 5.87. The summed E-state index contributed by atoms with van der Waals surface area (Å²) < 4.78 is 0. The Morgan fingerprint density at radius 2 is 2.11 bits per heavy atom. The number of para-hydroxylation sites is 1. The summed E-state index contributed by atoms with van der Waals surface area (Å²) in [6.07, 6.45) is 4.28. The normalized spacial score (nSPS) is 17.9. The Morgan fingerprint density at radius 3 is 3.05 bits per heavy atom. The van der Waals surface area contributed by atoms with Gasteiger partial charge < -0.3 is 9.88 Å². The van der Waals surface area contributed by atoms with Crippen LogP contribution >= 0.6 is 0 Å². The van der Waals surface area contributed by atoms with Crippen molar-refractivity contribution < 1.29 is 0 Å². The van der Waals surface area contributed by atoms with Crippen molar-refractivity contribution in [1.82, 2.24) is 19.9 Å². The summed E-state index contributed by atoms with van der Waals surface area (Å²) in [6, 6.07) is 8.86. The fraction of sp³-hybridized carbons (Fsp3) is 0.214. The highest BCUT2D eigenvalue weighted by Crippen LogP contribution is 2.38. The van der Waals surface area contributed by atoms with Gasteiger partial charge in [-0.2, -0.15) is 0 Å². The van der Waals surface area contributed by atoms with E-state index >= 15 is 0 Å². The Kier molecular flexibility index (Phi) is 2.09. The fourth-order valence-electron chi connectivity index (χ4n) is 2.82. The number of nitrogens with one attached hydrogen (secondary N) is 1. The lowest BCUT2D eigenvalue weighted by atomic mass is 10.1. The SMILES string of the molecule is C[C@@H]1Cc2ccccc2N1c1ncnc2nc[nH]c12. The van der Waals surface area contributed by atoms with E-state index in [-0.39, 0.29) is 0 Å². The average Bonchev–Trinajstić information content (AvgIpc) is 3.01. The molecule has 0 unspecified atom stereocenters. The molecule has 3 aromatic rings. The molecule has 0 amide bonds. The fourth-order valence-corrected chi connectivity index (χ4v) is 2.82. The van der Waals surface area contributed by atoms with Crippen LogP contribution in [0.3, 0.4) is 0 Å². The zero-order chi connectivity index (χ0) is 12.8. The van der Waals surface area contributed by atoms with E-state index in [4.69, 9.17) is 0 Å². The van der Waals surface area contributed by atoms with Crippen molar-refractivity contribution in [3.63, 3.8) is 0 Å². The van der Waals surface area contributed by atoms with E-state index in [2.05, 4.69) is 56.0 Å². The second-order valence-electron chi connectivity index (χ2n) is 4.85. The molecule has 3 heterocycles. The maximum atomic E-state index is 4.45. The van der Waals surface area contributed by atoms with Crippen LogP contribution in [0.4, 0.5) is 11.5 Å². The van der Waals surface area contributed by atoms with E-state index in [1.807, 2.05) is 0 Å². The Hall–Kier alpha value is -2.43. The third kappa shape index (κ3) is 1.44. The van der Waals surface area contributed by atoms with Gasteiger partial charge in [0.15, 0.2) is 11.5 Å². The molecule has 1 aliphatic rings. The van der Waals surface area contributed by atoms with Crippen molar-refractivity contribution in [2.24, 2.45) is 0 Å². The van der Waals surface area contributed by atoms with Gasteiger partial charge in [-0.15, -0.1) is 0 Å². The number of rotatable bonds is 1. The van der Waals surface area contributed by atoms with Crippen LogP contribution in [0.25, 0.3) is 11.2 Å². The topological polar surface area (TPSA) is 57.7 Å². The van der Waals surface area contributed by atoms with Gasteiger partial charge in [-0.1, -0.05) is 18.2 Å². The average molecular weight is 251 g/mol. The van der Waals surface area contributed by atoms with E-state index < -0.39 is 0 Å². The predicted octanol–water partition coefficient (Wildman–Crippen LogP) is 2.44. The zero-order valence-electron chi connectivity index (χ0n) is 10.5. The van der Waals surface area contributed by atoms with Crippen molar-refractivity contribution in [2.45, 2.75) is 19.4 Å². The first kappa shape index (κ1) is 10.5. The molecule has 4 rings (SSSR count). The minimum Gasteiger partial charge on any atom is -0.340 e. The first-order valence-corrected chi connectivity index (χ1v) is 6.36. The molecule has 0 saturated carbocycles. The third-order valence-corrected chi connectivity index (χ3v) is 3.64. The Labute approximate surface area is 110 Å². The lowest BCUT2D eigenvalue weighted by molar-refractivity contribution is 0.751. The van der Waals surface area contributed by atoms with Gasteiger partial charge in [0, 0.05) is 11.7 Å². The van der Waals surface area contributed by atoms with Crippen LogP contribution < -0.4 is 4.90 Å². The maximum absolute atomic E-state index is 4.45. The minimum absolute atomic E-state index is 0.388. The summed E-state index contributed by atoms with van der Waals surface area (Å²) in [7, 11) is 0. The van der Waals surface area contributed by atoms with Gasteiger partial charge in [0.1, 0.15) is 11.8 Å². The molecule has 0 aliphatic carbocycles. The Balaban J connectivity index is 1.95. The molecule has 5 heteroatoms. The lowest BCUT2D eigenvalue weighted by Crippen LogP contribution is -2.25. The van der Waals surface area contributed by atoms with Crippen LogP contribution in [-0.2, 0) is 6.42 Å². The van der Waals surface area contributed by atoms with Gasteiger partial charge in [-0.3, -0.25) is 0 Å². The van der Waals surface area contributed by atoms with Gasteiger partial charge >= 0.3 is 0 Å². The Bertz CT molecular complexity index is 748. The molecule has 1 N–H and O–H groups in total. The number of aromatic nitrogens is 4.